The Morgan fingerprint density at radius 1 is 0.373 bits per heavy atom. The summed E-state index contributed by atoms with van der Waals surface area (Å²) in [7, 11) is 0. The van der Waals surface area contributed by atoms with Gasteiger partial charge in [-0.2, -0.15) is 0 Å². The van der Waals surface area contributed by atoms with Crippen LogP contribution in [0.1, 0.15) is 246 Å². The summed E-state index contributed by atoms with van der Waals surface area (Å²) >= 11 is -0.917. The van der Waals surface area contributed by atoms with Gasteiger partial charge in [-0.15, -0.1) is 0 Å². The second kappa shape index (κ2) is 42.2. The summed E-state index contributed by atoms with van der Waals surface area (Å²) in [5.74, 6) is 1.03. The number of esters is 2. The van der Waals surface area contributed by atoms with Crippen LogP contribution >= 0.6 is 0 Å². The smallest absolute Gasteiger partial charge is 0.0654 e. The van der Waals surface area contributed by atoms with Crippen molar-refractivity contribution >= 4 is 27.4 Å². The van der Waals surface area contributed by atoms with Crippen molar-refractivity contribution in [2.75, 3.05) is 13.2 Å². The molecule has 2 atom stereocenters. The van der Waals surface area contributed by atoms with Crippen molar-refractivity contribution in [1.29, 1.82) is 0 Å². The van der Waals surface area contributed by atoms with Gasteiger partial charge in [0.1, 0.15) is 0 Å². The molecule has 0 aromatic rings. The Hall–Kier alpha value is -0.517. The van der Waals surface area contributed by atoms with Gasteiger partial charge in [-0.3, -0.25) is 0 Å². The van der Waals surface area contributed by atoms with E-state index in [1.165, 1.54) is 205 Å². The molecular formula is C46H92GeO4. The van der Waals surface area contributed by atoms with E-state index in [0.29, 0.717) is 37.9 Å². The first-order valence-corrected chi connectivity index (χ1v) is 27.6. The van der Waals surface area contributed by atoms with Crippen molar-refractivity contribution in [3.63, 3.8) is 0 Å². The minimum Gasteiger partial charge on any atom is -0.0654 e. The predicted octanol–water partition coefficient (Wildman–Crippen LogP) is 14.7. The molecule has 5 heteroatoms. The van der Waals surface area contributed by atoms with Gasteiger partial charge in [0.15, 0.2) is 0 Å². The molecule has 2 unspecified atom stereocenters. The molecule has 0 aliphatic carbocycles. The molecule has 0 aromatic carbocycles. The van der Waals surface area contributed by atoms with Crippen LogP contribution in [0.4, 0.5) is 0 Å². The number of hydrogen-bond donors (Lipinski definition) is 0. The molecule has 0 aliphatic rings. The van der Waals surface area contributed by atoms with E-state index in [0.717, 1.165) is 10.5 Å². The van der Waals surface area contributed by atoms with E-state index in [2.05, 4.69) is 27.7 Å². The first kappa shape index (κ1) is 50.5. The third-order valence-corrected chi connectivity index (χ3v) is 14.7. The van der Waals surface area contributed by atoms with Gasteiger partial charge in [0, 0.05) is 0 Å². The number of ether oxygens (including phenoxy) is 2. The fourth-order valence-corrected chi connectivity index (χ4v) is 10.5. The summed E-state index contributed by atoms with van der Waals surface area (Å²) in [6, 6.07) is 0. The van der Waals surface area contributed by atoms with Crippen LogP contribution in [0.2, 0.25) is 10.5 Å². The Labute approximate surface area is 326 Å². The summed E-state index contributed by atoms with van der Waals surface area (Å²) in [6.07, 6.45) is 43.4. The number of unbranched alkanes of at least 4 members (excludes halogenated alkanes) is 24. The van der Waals surface area contributed by atoms with Crippen LogP contribution < -0.4 is 0 Å². The normalized spacial score (nSPS) is 12.9. The van der Waals surface area contributed by atoms with Gasteiger partial charge in [0.05, 0.1) is 0 Å². The molecule has 4 nitrogen and oxygen atoms in total. The summed E-state index contributed by atoms with van der Waals surface area (Å²) in [5.41, 5.74) is 0. The molecular weight excluding hydrogens is 689 g/mol. The van der Waals surface area contributed by atoms with Crippen LogP contribution in [0.5, 0.6) is 0 Å². The average molecular weight is 782 g/mol. The Morgan fingerprint density at radius 2 is 0.608 bits per heavy atom. The molecule has 0 saturated carbocycles. The van der Waals surface area contributed by atoms with E-state index in [4.69, 9.17) is 9.47 Å². The van der Waals surface area contributed by atoms with E-state index in [1.54, 1.807) is 0 Å². The molecule has 0 spiro atoms. The zero-order chi connectivity index (χ0) is 37.3. The summed E-state index contributed by atoms with van der Waals surface area (Å²) in [6.45, 7) is 10.3. The minimum atomic E-state index is -0.917. The quantitative estimate of drug-likeness (QED) is 0.0352. The molecule has 0 aliphatic heterocycles. The van der Waals surface area contributed by atoms with Crippen LogP contribution in [-0.2, 0) is 19.1 Å². The number of carbonyl (C=O) groups excluding carboxylic acids is 2. The monoisotopic (exact) mass is 783 g/mol. The van der Waals surface area contributed by atoms with Crippen LogP contribution in [0.25, 0.3) is 0 Å². The molecule has 0 fully saturated rings. The molecule has 304 valence electrons. The predicted molar refractivity (Wildman–Crippen MR) is 227 cm³/mol. The number of hydrogen-bond acceptors (Lipinski definition) is 4. The second-order valence-corrected chi connectivity index (χ2v) is 20.7. The molecule has 0 aromatic heterocycles. The van der Waals surface area contributed by atoms with Crippen molar-refractivity contribution in [2.24, 2.45) is 11.8 Å². The third kappa shape index (κ3) is 39.0. The molecule has 0 rings (SSSR count). The maximum absolute atomic E-state index is 12.6. The SMILES string of the molecule is CCCCCCCCCCC(CCCCCCCC)COC(=O)C[CH2][GeH2][CH2]CC(=O)OCC(CCCCCCCC)CCCCCCCCCC. The van der Waals surface area contributed by atoms with Crippen LogP contribution in [0.3, 0.4) is 0 Å². The summed E-state index contributed by atoms with van der Waals surface area (Å²) in [4.78, 5) is 25.3. The molecule has 0 radical (unpaired) electrons. The van der Waals surface area contributed by atoms with Crippen molar-refractivity contribution in [3.05, 3.63) is 0 Å². The molecule has 0 saturated heterocycles. The van der Waals surface area contributed by atoms with Crippen LogP contribution in [0.15, 0.2) is 0 Å². The molecule has 0 heterocycles. The zero-order valence-corrected chi connectivity index (χ0v) is 38.3. The zero-order valence-electron chi connectivity index (χ0n) is 35.4. The van der Waals surface area contributed by atoms with E-state index < -0.39 is 15.4 Å². The van der Waals surface area contributed by atoms with Gasteiger partial charge in [0.2, 0.25) is 0 Å². The fourth-order valence-electron chi connectivity index (χ4n) is 7.46. The van der Waals surface area contributed by atoms with E-state index in [1.807, 2.05) is 0 Å². The van der Waals surface area contributed by atoms with E-state index in [-0.39, 0.29) is 11.9 Å². The van der Waals surface area contributed by atoms with Crippen molar-refractivity contribution < 1.29 is 19.1 Å². The Balaban J connectivity index is 4.32. The summed E-state index contributed by atoms with van der Waals surface area (Å²) in [5, 5.41) is 1.97. The topological polar surface area (TPSA) is 52.6 Å². The van der Waals surface area contributed by atoms with Gasteiger partial charge in [0.25, 0.3) is 0 Å². The maximum atomic E-state index is 12.6. The Morgan fingerprint density at radius 3 is 0.863 bits per heavy atom. The molecule has 51 heavy (non-hydrogen) atoms. The Kier molecular flexibility index (Phi) is 41.8. The average Bonchev–Trinajstić information content (AvgIpc) is 3.13. The van der Waals surface area contributed by atoms with Crippen molar-refractivity contribution in [3.8, 4) is 0 Å². The van der Waals surface area contributed by atoms with Crippen molar-refractivity contribution in [1.82, 2.24) is 0 Å². The van der Waals surface area contributed by atoms with Gasteiger partial charge < -0.3 is 0 Å². The minimum absolute atomic E-state index is 0.00873. The molecule has 0 bridgehead atoms. The molecule has 0 N–H and O–H groups in total. The van der Waals surface area contributed by atoms with Crippen LogP contribution in [-0.4, -0.2) is 40.6 Å². The second-order valence-electron chi connectivity index (χ2n) is 16.3. The third-order valence-electron chi connectivity index (χ3n) is 11.1. The van der Waals surface area contributed by atoms with E-state index in [9.17, 15) is 9.59 Å². The Bertz CT molecular complexity index is 655. The van der Waals surface area contributed by atoms with Crippen molar-refractivity contribution in [2.45, 2.75) is 257 Å². The standard InChI is InChI=1S/C46H92GeO4/c1-5-9-13-17-21-23-27-31-35-43(33-29-25-19-15-11-7-3)41-50-45(48)37-39-47-40-38-46(49)51-42-44(34-30-26-20-16-12-8-4)36-32-28-24-22-18-14-10-6-2/h43-44H,5-42,47H2,1-4H3. The van der Waals surface area contributed by atoms with Gasteiger partial charge in [-0.25, -0.2) is 0 Å². The van der Waals surface area contributed by atoms with Gasteiger partial charge in [-0.1, -0.05) is 79.1 Å². The number of carbonyl (C=O) groups is 2. The van der Waals surface area contributed by atoms with Crippen LogP contribution in [0, 0.1) is 11.8 Å². The number of rotatable bonds is 42. The fraction of sp³-hybridized carbons (Fsp3) is 0.957. The summed E-state index contributed by atoms with van der Waals surface area (Å²) < 4.78 is 11.7. The van der Waals surface area contributed by atoms with E-state index >= 15 is 0 Å². The first-order valence-electron chi connectivity index (χ1n) is 23.4. The van der Waals surface area contributed by atoms with Gasteiger partial charge >= 0.3 is 249 Å². The van der Waals surface area contributed by atoms with Gasteiger partial charge in [-0.05, 0) is 0 Å². The first-order chi connectivity index (χ1) is 25.1. The molecule has 0 amide bonds.